The average Bonchev–Trinajstić information content (AvgIpc) is 2.35. The van der Waals surface area contributed by atoms with Gasteiger partial charge in [0.1, 0.15) is 17.2 Å². The number of allylic oxidation sites excluding steroid dienone is 2. The van der Waals surface area contributed by atoms with E-state index in [0.717, 1.165) is 28.4 Å². The van der Waals surface area contributed by atoms with Gasteiger partial charge >= 0.3 is 0 Å². The summed E-state index contributed by atoms with van der Waals surface area (Å²) in [6.07, 6.45) is 2.02. The van der Waals surface area contributed by atoms with Crippen LogP contribution in [-0.2, 0) is 0 Å². The molecular formula is C13H18O3. The lowest BCUT2D eigenvalue weighted by molar-refractivity contribution is 0.373. The minimum absolute atomic E-state index is 0.723. The SMILES string of the molecule is C/C=C(/C)c1c(OC)cc(OC)cc1OC. The van der Waals surface area contributed by atoms with Crippen LogP contribution in [0, 0.1) is 0 Å². The number of methoxy groups -OCH3 is 3. The van der Waals surface area contributed by atoms with Gasteiger partial charge in [0.15, 0.2) is 0 Å². The highest BCUT2D eigenvalue weighted by Crippen LogP contribution is 2.38. The highest BCUT2D eigenvalue weighted by Gasteiger charge is 2.13. The van der Waals surface area contributed by atoms with Crippen molar-refractivity contribution < 1.29 is 14.2 Å². The summed E-state index contributed by atoms with van der Waals surface area (Å²) < 4.78 is 15.9. The second-order valence-electron chi connectivity index (χ2n) is 3.38. The van der Waals surface area contributed by atoms with Gasteiger partial charge in [-0.1, -0.05) is 6.08 Å². The van der Waals surface area contributed by atoms with Crippen LogP contribution >= 0.6 is 0 Å². The summed E-state index contributed by atoms with van der Waals surface area (Å²) in [5.74, 6) is 2.24. The van der Waals surface area contributed by atoms with Crippen molar-refractivity contribution in [2.24, 2.45) is 0 Å². The number of rotatable bonds is 4. The van der Waals surface area contributed by atoms with Crippen LogP contribution in [0.2, 0.25) is 0 Å². The van der Waals surface area contributed by atoms with Gasteiger partial charge in [-0.15, -0.1) is 0 Å². The topological polar surface area (TPSA) is 27.7 Å². The predicted molar refractivity (Wildman–Crippen MR) is 65.4 cm³/mol. The van der Waals surface area contributed by atoms with Gasteiger partial charge in [0, 0.05) is 12.1 Å². The fraction of sp³-hybridized carbons (Fsp3) is 0.385. The molecule has 0 atom stereocenters. The Hall–Kier alpha value is -1.64. The van der Waals surface area contributed by atoms with E-state index in [1.807, 2.05) is 32.1 Å². The summed E-state index contributed by atoms with van der Waals surface area (Å²) in [5.41, 5.74) is 2.07. The maximum atomic E-state index is 5.35. The first-order valence-corrected chi connectivity index (χ1v) is 5.11. The van der Waals surface area contributed by atoms with Gasteiger partial charge in [-0.2, -0.15) is 0 Å². The third-order valence-corrected chi connectivity index (χ3v) is 2.54. The first kappa shape index (κ1) is 12.4. The van der Waals surface area contributed by atoms with Crippen LogP contribution < -0.4 is 14.2 Å². The summed E-state index contributed by atoms with van der Waals surface area (Å²) in [4.78, 5) is 0. The van der Waals surface area contributed by atoms with E-state index < -0.39 is 0 Å². The van der Waals surface area contributed by atoms with Crippen molar-refractivity contribution in [2.75, 3.05) is 21.3 Å². The van der Waals surface area contributed by atoms with Crippen molar-refractivity contribution in [1.29, 1.82) is 0 Å². The largest absolute Gasteiger partial charge is 0.496 e. The van der Waals surface area contributed by atoms with Crippen molar-refractivity contribution in [3.8, 4) is 17.2 Å². The van der Waals surface area contributed by atoms with Gasteiger partial charge in [-0.3, -0.25) is 0 Å². The molecule has 0 bridgehead atoms. The number of hydrogen-bond acceptors (Lipinski definition) is 3. The standard InChI is InChI=1S/C13H18O3/c1-6-9(2)13-11(15-4)7-10(14-3)8-12(13)16-5/h6-8H,1-5H3/b9-6-. The van der Waals surface area contributed by atoms with Crippen molar-refractivity contribution in [1.82, 2.24) is 0 Å². The minimum Gasteiger partial charge on any atom is -0.496 e. The van der Waals surface area contributed by atoms with Crippen molar-refractivity contribution in [2.45, 2.75) is 13.8 Å². The predicted octanol–water partition coefficient (Wildman–Crippen LogP) is 3.14. The molecule has 1 rings (SSSR count). The maximum Gasteiger partial charge on any atom is 0.133 e. The first-order chi connectivity index (χ1) is 7.67. The molecule has 0 radical (unpaired) electrons. The van der Waals surface area contributed by atoms with Gasteiger partial charge < -0.3 is 14.2 Å². The zero-order valence-corrected chi connectivity index (χ0v) is 10.5. The van der Waals surface area contributed by atoms with E-state index in [1.54, 1.807) is 21.3 Å². The summed E-state index contributed by atoms with van der Waals surface area (Å²) in [6.45, 7) is 4.01. The second-order valence-corrected chi connectivity index (χ2v) is 3.38. The highest BCUT2D eigenvalue weighted by molar-refractivity contribution is 5.75. The molecular weight excluding hydrogens is 204 g/mol. The number of ether oxygens (including phenoxy) is 3. The Bertz CT molecular complexity index is 369. The van der Waals surface area contributed by atoms with Crippen molar-refractivity contribution >= 4 is 5.57 Å². The summed E-state index contributed by atoms with van der Waals surface area (Å²) in [7, 11) is 4.90. The van der Waals surface area contributed by atoms with E-state index in [1.165, 1.54) is 0 Å². The lowest BCUT2D eigenvalue weighted by atomic mass is 10.0. The lowest BCUT2D eigenvalue weighted by Crippen LogP contribution is -1.96. The average molecular weight is 222 g/mol. The molecule has 0 aliphatic heterocycles. The molecule has 1 aromatic carbocycles. The normalized spacial score (nSPS) is 11.2. The van der Waals surface area contributed by atoms with Gasteiger partial charge in [-0.05, 0) is 19.4 Å². The van der Waals surface area contributed by atoms with Gasteiger partial charge in [0.2, 0.25) is 0 Å². The van der Waals surface area contributed by atoms with E-state index in [4.69, 9.17) is 14.2 Å². The molecule has 0 fully saturated rings. The van der Waals surface area contributed by atoms with Crippen LogP contribution in [0.4, 0.5) is 0 Å². The molecule has 0 spiro atoms. The molecule has 16 heavy (non-hydrogen) atoms. The van der Waals surface area contributed by atoms with Crippen LogP contribution in [0.15, 0.2) is 18.2 Å². The highest BCUT2D eigenvalue weighted by atomic mass is 16.5. The van der Waals surface area contributed by atoms with E-state index >= 15 is 0 Å². The smallest absolute Gasteiger partial charge is 0.133 e. The third-order valence-electron chi connectivity index (χ3n) is 2.54. The molecule has 0 N–H and O–H groups in total. The van der Waals surface area contributed by atoms with Crippen LogP contribution in [0.5, 0.6) is 17.2 Å². The Morgan fingerprint density at radius 2 is 1.50 bits per heavy atom. The van der Waals surface area contributed by atoms with E-state index in [9.17, 15) is 0 Å². The van der Waals surface area contributed by atoms with Gasteiger partial charge in [-0.25, -0.2) is 0 Å². The number of hydrogen-bond donors (Lipinski definition) is 0. The van der Waals surface area contributed by atoms with Crippen molar-refractivity contribution in [3.05, 3.63) is 23.8 Å². The maximum absolute atomic E-state index is 5.35. The molecule has 0 aliphatic rings. The Morgan fingerprint density at radius 3 is 1.81 bits per heavy atom. The molecule has 0 amide bonds. The van der Waals surface area contributed by atoms with E-state index in [2.05, 4.69) is 0 Å². The van der Waals surface area contributed by atoms with Gasteiger partial charge in [0.25, 0.3) is 0 Å². The Kier molecular flexibility index (Phi) is 4.23. The second kappa shape index (κ2) is 5.45. The quantitative estimate of drug-likeness (QED) is 0.783. The van der Waals surface area contributed by atoms with Crippen LogP contribution in [0.1, 0.15) is 19.4 Å². The molecule has 3 heteroatoms. The molecule has 0 heterocycles. The molecule has 0 aliphatic carbocycles. The Balaban J connectivity index is 3.43. The van der Waals surface area contributed by atoms with Crippen molar-refractivity contribution in [3.63, 3.8) is 0 Å². The van der Waals surface area contributed by atoms with Crippen LogP contribution in [0.25, 0.3) is 5.57 Å². The fourth-order valence-electron chi connectivity index (χ4n) is 1.54. The zero-order valence-electron chi connectivity index (χ0n) is 10.5. The Morgan fingerprint density at radius 1 is 1.00 bits per heavy atom. The molecule has 3 nitrogen and oxygen atoms in total. The summed E-state index contributed by atoms with van der Waals surface area (Å²) in [6, 6.07) is 3.70. The van der Waals surface area contributed by atoms with E-state index in [-0.39, 0.29) is 0 Å². The summed E-state index contributed by atoms with van der Waals surface area (Å²) in [5, 5.41) is 0. The molecule has 0 aromatic heterocycles. The first-order valence-electron chi connectivity index (χ1n) is 5.11. The molecule has 1 aromatic rings. The van der Waals surface area contributed by atoms with E-state index in [0.29, 0.717) is 0 Å². The summed E-state index contributed by atoms with van der Waals surface area (Å²) >= 11 is 0. The molecule has 0 saturated heterocycles. The fourth-order valence-corrected chi connectivity index (χ4v) is 1.54. The minimum atomic E-state index is 0.723. The Labute approximate surface area is 96.6 Å². The lowest BCUT2D eigenvalue weighted by Gasteiger charge is -2.15. The van der Waals surface area contributed by atoms with Crippen LogP contribution in [-0.4, -0.2) is 21.3 Å². The number of benzene rings is 1. The zero-order chi connectivity index (χ0) is 12.1. The van der Waals surface area contributed by atoms with Gasteiger partial charge in [0.05, 0.1) is 26.9 Å². The monoisotopic (exact) mass is 222 g/mol. The van der Waals surface area contributed by atoms with Crippen LogP contribution in [0.3, 0.4) is 0 Å². The molecule has 0 saturated carbocycles. The molecule has 0 unspecified atom stereocenters. The third kappa shape index (κ3) is 2.30. The molecule has 88 valence electrons.